The van der Waals surface area contributed by atoms with Crippen molar-refractivity contribution in [2.45, 2.75) is 25.3 Å². The van der Waals surface area contributed by atoms with Gasteiger partial charge in [-0.2, -0.15) is 0 Å². The van der Waals surface area contributed by atoms with E-state index < -0.39 is 0 Å². The molecule has 0 spiro atoms. The SMILES string of the molecule is CNCC1COCCN1C(=O)CC1CCOCC1. The molecular weight excluding hydrogens is 232 g/mol. The third-order valence-corrected chi connectivity index (χ3v) is 3.79. The molecule has 5 heteroatoms. The first-order valence-corrected chi connectivity index (χ1v) is 6.91. The number of rotatable bonds is 4. The molecule has 2 aliphatic rings. The summed E-state index contributed by atoms with van der Waals surface area (Å²) < 4.78 is 10.8. The first kappa shape index (κ1) is 13.8. The number of amides is 1. The Morgan fingerprint density at radius 3 is 2.78 bits per heavy atom. The van der Waals surface area contributed by atoms with Crippen LogP contribution in [0.5, 0.6) is 0 Å². The highest BCUT2D eigenvalue weighted by molar-refractivity contribution is 5.77. The van der Waals surface area contributed by atoms with E-state index in [0.29, 0.717) is 25.6 Å². The number of morpholine rings is 1. The molecule has 0 bridgehead atoms. The highest BCUT2D eigenvalue weighted by Crippen LogP contribution is 2.20. The lowest BCUT2D eigenvalue weighted by atomic mass is 9.95. The Hall–Kier alpha value is -0.650. The van der Waals surface area contributed by atoms with Crippen molar-refractivity contribution in [3.8, 4) is 0 Å². The highest BCUT2D eigenvalue weighted by atomic mass is 16.5. The van der Waals surface area contributed by atoms with Crippen molar-refractivity contribution < 1.29 is 14.3 Å². The summed E-state index contributed by atoms with van der Waals surface area (Å²) >= 11 is 0. The Morgan fingerprint density at radius 2 is 2.06 bits per heavy atom. The minimum Gasteiger partial charge on any atom is -0.381 e. The summed E-state index contributed by atoms with van der Waals surface area (Å²) in [6, 6.07) is 0.191. The number of hydrogen-bond donors (Lipinski definition) is 1. The van der Waals surface area contributed by atoms with Gasteiger partial charge in [0, 0.05) is 32.7 Å². The van der Waals surface area contributed by atoms with Crippen molar-refractivity contribution in [1.29, 1.82) is 0 Å². The van der Waals surface area contributed by atoms with Gasteiger partial charge in [-0.1, -0.05) is 0 Å². The van der Waals surface area contributed by atoms with Crippen LogP contribution in [0, 0.1) is 5.92 Å². The van der Waals surface area contributed by atoms with E-state index in [0.717, 1.165) is 39.1 Å². The van der Waals surface area contributed by atoms with Gasteiger partial charge in [0.1, 0.15) is 0 Å². The molecule has 1 amide bonds. The smallest absolute Gasteiger partial charge is 0.223 e. The predicted molar refractivity (Wildman–Crippen MR) is 68.4 cm³/mol. The quantitative estimate of drug-likeness (QED) is 0.783. The molecule has 2 fully saturated rings. The van der Waals surface area contributed by atoms with E-state index >= 15 is 0 Å². The molecule has 0 aromatic rings. The number of nitrogens with zero attached hydrogens (tertiary/aromatic N) is 1. The number of ether oxygens (including phenoxy) is 2. The molecule has 2 heterocycles. The Kier molecular flexibility index (Phi) is 5.41. The highest BCUT2D eigenvalue weighted by Gasteiger charge is 2.28. The van der Waals surface area contributed by atoms with Crippen molar-refractivity contribution in [2.75, 3.05) is 46.6 Å². The Balaban J connectivity index is 1.84. The zero-order valence-corrected chi connectivity index (χ0v) is 11.2. The van der Waals surface area contributed by atoms with Gasteiger partial charge in [-0.15, -0.1) is 0 Å². The zero-order valence-electron chi connectivity index (χ0n) is 11.2. The second kappa shape index (κ2) is 7.07. The van der Waals surface area contributed by atoms with Crippen LogP contribution in [0.4, 0.5) is 0 Å². The standard InChI is InChI=1S/C13H24N2O3/c1-14-9-12-10-18-7-4-15(12)13(16)8-11-2-5-17-6-3-11/h11-12,14H,2-10H2,1H3. The molecule has 2 rings (SSSR count). The maximum Gasteiger partial charge on any atom is 0.223 e. The number of carbonyl (C=O) groups is 1. The van der Waals surface area contributed by atoms with Crippen LogP contribution in [0.15, 0.2) is 0 Å². The van der Waals surface area contributed by atoms with E-state index in [9.17, 15) is 4.79 Å². The molecule has 1 unspecified atom stereocenters. The summed E-state index contributed by atoms with van der Waals surface area (Å²) in [7, 11) is 1.91. The molecule has 5 nitrogen and oxygen atoms in total. The maximum atomic E-state index is 12.4. The first-order valence-electron chi connectivity index (χ1n) is 6.91. The van der Waals surface area contributed by atoms with E-state index in [2.05, 4.69) is 5.32 Å². The summed E-state index contributed by atoms with van der Waals surface area (Å²) in [5.74, 6) is 0.787. The van der Waals surface area contributed by atoms with E-state index in [-0.39, 0.29) is 11.9 Å². The van der Waals surface area contributed by atoms with Crippen molar-refractivity contribution >= 4 is 5.91 Å². The first-order chi connectivity index (χ1) is 8.81. The fraction of sp³-hybridized carbons (Fsp3) is 0.923. The van der Waals surface area contributed by atoms with Gasteiger partial charge in [0.2, 0.25) is 5.91 Å². The molecule has 0 aromatic heterocycles. The molecular formula is C13H24N2O3. The van der Waals surface area contributed by atoms with Crippen LogP contribution >= 0.6 is 0 Å². The summed E-state index contributed by atoms with van der Waals surface area (Å²) in [6.07, 6.45) is 2.71. The van der Waals surface area contributed by atoms with Gasteiger partial charge in [0.15, 0.2) is 0 Å². The van der Waals surface area contributed by atoms with Gasteiger partial charge in [0.25, 0.3) is 0 Å². The van der Waals surface area contributed by atoms with Crippen LogP contribution in [0.3, 0.4) is 0 Å². The fourth-order valence-corrected chi connectivity index (χ4v) is 2.70. The van der Waals surface area contributed by atoms with Crippen molar-refractivity contribution in [3.63, 3.8) is 0 Å². The lowest BCUT2D eigenvalue weighted by molar-refractivity contribution is -0.141. The maximum absolute atomic E-state index is 12.4. The minimum absolute atomic E-state index is 0.191. The van der Waals surface area contributed by atoms with Gasteiger partial charge >= 0.3 is 0 Å². The van der Waals surface area contributed by atoms with Crippen molar-refractivity contribution in [2.24, 2.45) is 5.92 Å². The molecule has 1 atom stereocenters. The topological polar surface area (TPSA) is 50.8 Å². The number of hydrogen-bond acceptors (Lipinski definition) is 4. The molecule has 2 aliphatic heterocycles. The molecule has 2 saturated heterocycles. The Labute approximate surface area is 109 Å². The summed E-state index contributed by atoms with van der Waals surface area (Å²) in [5, 5.41) is 3.13. The zero-order chi connectivity index (χ0) is 12.8. The Morgan fingerprint density at radius 1 is 1.28 bits per heavy atom. The van der Waals surface area contributed by atoms with Crippen molar-refractivity contribution in [1.82, 2.24) is 10.2 Å². The lowest BCUT2D eigenvalue weighted by Gasteiger charge is -2.36. The van der Waals surface area contributed by atoms with Gasteiger partial charge in [0.05, 0.1) is 19.3 Å². The molecule has 0 aliphatic carbocycles. The molecule has 0 saturated carbocycles. The molecule has 0 aromatic carbocycles. The monoisotopic (exact) mass is 256 g/mol. The average Bonchev–Trinajstić information content (AvgIpc) is 2.41. The Bertz CT molecular complexity index is 265. The largest absolute Gasteiger partial charge is 0.381 e. The van der Waals surface area contributed by atoms with Crippen LogP contribution in [0.1, 0.15) is 19.3 Å². The van der Waals surface area contributed by atoms with E-state index in [1.165, 1.54) is 0 Å². The fourth-order valence-electron chi connectivity index (χ4n) is 2.70. The van der Waals surface area contributed by atoms with E-state index in [1.807, 2.05) is 11.9 Å². The van der Waals surface area contributed by atoms with Crippen LogP contribution in [-0.4, -0.2) is 63.4 Å². The second-order valence-electron chi connectivity index (χ2n) is 5.13. The predicted octanol–water partition coefficient (Wildman–Crippen LogP) is 0.250. The molecule has 104 valence electrons. The summed E-state index contributed by atoms with van der Waals surface area (Å²) in [6.45, 7) is 4.47. The van der Waals surface area contributed by atoms with Gasteiger partial charge < -0.3 is 19.7 Å². The molecule has 18 heavy (non-hydrogen) atoms. The summed E-state index contributed by atoms with van der Waals surface area (Å²) in [4.78, 5) is 14.3. The van der Waals surface area contributed by atoms with Crippen LogP contribution in [0.2, 0.25) is 0 Å². The van der Waals surface area contributed by atoms with E-state index in [4.69, 9.17) is 9.47 Å². The molecule has 1 N–H and O–H groups in total. The minimum atomic E-state index is 0.191. The molecule has 0 radical (unpaired) electrons. The van der Waals surface area contributed by atoms with Crippen LogP contribution < -0.4 is 5.32 Å². The normalized spacial score (nSPS) is 26.3. The number of nitrogens with one attached hydrogen (secondary N) is 1. The van der Waals surface area contributed by atoms with E-state index in [1.54, 1.807) is 0 Å². The van der Waals surface area contributed by atoms with Gasteiger partial charge in [-0.3, -0.25) is 4.79 Å². The third kappa shape index (κ3) is 3.67. The average molecular weight is 256 g/mol. The van der Waals surface area contributed by atoms with Crippen molar-refractivity contribution in [3.05, 3.63) is 0 Å². The third-order valence-electron chi connectivity index (χ3n) is 3.79. The van der Waals surface area contributed by atoms with Gasteiger partial charge in [-0.25, -0.2) is 0 Å². The van der Waals surface area contributed by atoms with Crippen LogP contribution in [0.25, 0.3) is 0 Å². The van der Waals surface area contributed by atoms with Crippen LogP contribution in [-0.2, 0) is 14.3 Å². The number of likely N-dealkylation sites (N-methyl/N-ethyl adjacent to an activating group) is 1. The second-order valence-corrected chi connectivity index (χ2v) is 5.13. The lowest BCUT2D eigenvalue weighted by Crippen LogP contribution is -2.52. The number of carbonyl (C=O) groups excluding carboxylic acids is 1. The van der Waals surface area contributed by atoms with Gasteiger partial charge in [-0.05, 0) is 25.8 Å². The summed E-state index contributed by atoms with van der Waals surface area (Å²) in [5.41, 5.74) is 0.